The van der Waals surface area contributed by atoms with Gasteiger partial charge in [0, 0.05) is 38.0 Å². The first-order valence-electron chi connectivity index (χ1n) is 7.77. The monoisotopic (exact) mass is 355 g/mol. The number of hydrogen-bond acceptors (Lipinski definition) is 7. The average molecular weight is 355 g/mol. The average Bonchev–Trinajstić information content (AvgIpc) is 3.07. The Morgan fingerprint density at radius 2 is 2.08 bits per heavy atom. The summed E-state index contributed by atoms with van der Waals surface area (Å²) in [4.78, 5) is 24.8. The quantitative estimate of drug-likeness (QED) is 0.650. The molecule has 0 atom stereocenters. The number of hydrogen-bond donors (Lipinski definition) is 1. The third kappa shape index (κ3) is 4.87. The van der Waals surface area contributed by atoms with Gasteiger partial charge in [0.25, 0.3) is 0 Å². The maximum atomic E-state index is 12.0. The molecule has 0 fully saturated rings. The summed E-state index contributed by atoms with van der Waals surface area (Å²) in [6, 6.07) is 9.40. The van der Waals surface area contributed by atoms with Gasteiger partial charge in [0.05, 0.1) is 11.3 Å². The lowest BCUT2D eigenvalue weighted by atomic mass is 10.3. The number of nitrogens with one attached hydrogen (secondary N) is 1. The topological polar surface area (TPSA) is 93.8 Å². The van der Waals surface area contributed by atoms with Gasteiger partial charge in [-0.05, 0) is 24.3 Å². The van der Waals surface area contributed by atoms with E-state index in [4.69, 9.17) is 4.52 Å². The van der Waals surface area contributed by atoms with Gasteiger partial charge >= 0.3 is 0 Å². The van der Waals surface area contributed by atoms with Crippen LogP contribution in [0.25, 0.3) is 11.4 Å². The number of carbonyl (C=O) groups excluding carboxylic acids is 1. The van der Waals surface area contributed by atoms with Crippen molar-refractivity contribution < 1.29 is 9.32 Å². The molecule has 0 bridgehead atoms. The zero-order valence-electron chi connectivity index (χ0n) is 13.7. The molecule has 1 amide bonds. The Morgan fingerprint density at radius 3 is 2.84 bits per heavy atom. The van der Waals surface area contributed by atoms with E-state index in [-0.39, 0.29) is 11.7 Å². The van der Waals surface area contributed by atoms with Gasteiger partial charge in [-0.3, -0.25) is 9.78 Å². The number of thioether (sulfide) groups is 1. The molecule has 3 rings (SSSR count). The molecule has 0 saturated heterocycles. The van der Waals surface area contributed by atoms with E-state index in [1.165, 1.54) is 11.8 Å². The van der Waals surface area contributed by atoms with Crippen LogP contribution in [0, 0.1) is 6.92 Å². The molecule has 0 radical (unpaired) electrons. The van der Waals surface area contributed by atoms with Crippen LogP contribution in [0.15, 0.2) is 52.3 Å². The molecule has 128 valence electrons. The number of amides is 1. The van der Waals surface area contributed by atoms with E-state index in [0.717, 1.165) is 11.3 Å². The van der Waals surface area contributed by atoms with Gasteiger partial charge in [-0.25, -0.2) is 4.98 Å². The van der Waals surface area contributed by atoms with Gasteiger partial charge in [0.1, 0.15) is 5.03 Å². The minimum atomic E-state index is -0.0539. The smallest absolute Gasteiger partial charge is 0.230 e. The molecule has 0 aliphatic rings. The third-order valence-electron chi connectivity index (χ3n) is 3.31. The van der Waals surface area contributed by atoms with Crippen molar-refractivity contribution in [2.24, 2.45) is 0 Å². The van der Waals surface area contributed by atoms with Crippen LogP contribution in [-0.2, 0) is 11.2 Å². The van der Waals surface area contributed by atoms with Crippen LogP contribution < -0.4 is 5.32 Å². The first-order valence-corrected chi connectivity index (χ1v) is 8.76. The normalized spacial score (nSPS) is 10.6. The summed E-state index contributed by atoms with van der Waals surface area (Å²) in [5, 5.41) is 7.49. The summed E-state index contributed by atoms with van der Waals surface area (Å²) in [6.45, 7) is 2.28. The Morgan fingerprint density at radius 1 is 1.20 bits per heavy atom. The number of pyridine rings is 2. The maximum Gasteiger partial charge on any atom is 0.230 e. The molecule has 3 aromatic rings. The number of carbonyl (C=O) groups is 1. The highest BCUT2D eigenvalue weighted by atomic mass is 32.2. The molecule has 0 saturated carbocycles. The lowest BCUT2D eigenvalue weighted by Crippen LogP contribution is -2.27. The van der Waals surface area contributed by atoms with Gasteiger partial charge in [-0.15, -0.1) is 0 Å². The molecule has 3 aromatic heterocycles. The summed E-state index contributed by atoms with van der Waals surface area (Å²) in [5.74, 6) is 1.18. The van der Waals surface area contributed by atoms with E-state index >= 15 is 0 Å². The first kappa shape index (κ1) is 17.1. The van der Waals surface area contributed by atoms with Gasteiger partial charge in [-0.2, -0.15) is 4.98 Å². The molecular formula is C17H17N5O2S. The molecule has 0 unspecified atom stereocenters. The van der Waals surface area contributed by atoms with Crippen LogP contribution in [0.1, 0.15) is 11.6 Å². The molecule has 3 heterocycles. The number of aryl methyl sites for hydroxylation is 1. The minimum Gasteiger partial charge on any atom is -0.355 e. The SMILES string of the molecule is Cc1nc(-c2cccnc2SCC(=O)NCCc2ccccn2)no1. The molecule has 0 spiro atoms. The number of nitrogens with zero attached hydrogens (tertiary/aromatic N) is 4. The summed E-state index contributed by atoms with van der Waals surface area (Å²) >= 11 is 1.35. The summed E-state index contributed by atoms with van der Waals surface area (Å²) in [6.07, 6.45) is 4.13. The molecule has 0 aliphatic carbocycles. The molecule has 0 aliphatic heterocycles. The van der Waals surface area contributed by atoms with E-state index in [0.29, 0.717) is 29.7 Å². The van der Waals surface area contributed by atoms with Crippen LogP contribution in [0.3, 0.4) is 0 Å². The molecular weight excluding hydrogens is 338 g/mol. The fourth-order valence-electron chi connectivity index (χ4n) is 2.15. The van der Waals surface area contributed by atoms with Crippen molar-refractivity contribution in [2.45, 2.75) is 18.4 Å². The van der Waals surface area contributed by atoms with Crippen LogP contribution in [0.5, 0.6) is 0 Å². The lowest BCUT2D eigenvalue weighted by molar-refractivity contribution is -0.118. The fourth-order valence-corrected chi connectivity index (χ4v) is 2.97. The summed E-state index contributed by atoms with van der Waals surface area (Å²) in [5.41, 5.74) is 1.71. The second kappa shape index (κ2) is 8.39. The Hall–Kier alpha value is -2.74. The Kier molecular flexibility index (Phi) is 5.73. The largest absolute Gasteiger partial charge is 0.355 e. The van der Waals surface area contributed by atoms with Crippen LogP contribution in [-0.4, -0.2) is 38.3 Å². The van der Waals surface area contributed by atoms with E-state index in [1.807, 2.05) is 24.3 Å². The molecule has 7 nitrogen and oxygen atoms in total. The second-order valence-electron chi connectivity index (χ2n) is 5.20. The van der Waals surface area contributed by atoms with E-state index in [2.05, 4.69) is 25.4 Å². The minimum absolute atomic E-state index is 0.0539. The lowest BCUT2D eigenvalue weighted by Gasteiger charge is -2.06. The van der Waals surface area contributed by atoms with Crippen LogP contribution in [0.4, 0.5) is 0 Å². The van der Waals surface area contributed by atoms with Crippen molar-refractivity contribution in [1.29, 1.82) is 0 Å². The Bertz CT molecular complexity index is 838. The Balaban J connectivity index is 1.52. The zero-order valence-corrected chi connectivity index (χ0v) is 14.5. The highest BCUT2D eigenvalue weighted by molar-refractivity contribution is 8.00. The number of aromatic nitrogens is 4. The van der Waals surface area contributed by atoms with Crippen LogP contribution in [0.2, 0.25) is 0 Å². The standard InChI is InChI=1S/C17H17N5O2S/c1-12-21-16(22-24-12)14-6-4-9-20-17(14)25-11-15(23)19-10-7-13-5-2-3-8-18-13/h2-6,8-9H,7,10-11H2,1H3,(H,19,23). The van der Waals surface area contributed by atoms with Gasteiger partial charge in [0.2, 0.25) is 17.6 Å². The van der Waals surface area contributed by atoms with Crippen molar-refractivity contribution in [3.63, 3.8) is 0 Å². The van der Waals surface area contributed by atoms with E-state index in [9.17, 15) is 4.79 Å². The van der Waals surface area contributed by atoms with Crippen molar-refractivity contribution in [2.75, 3.05) is 12.3 Å². The second-order valence-corrected chi connectivity index (χ2v) is 6.17. The zero-order chi connectivity index (χ0) is 17.5. The maximum absolute atomic E-state index is 12.0. The number of rotatable bonds is 7. The van der Waals surface area contributed by atoms with E-state index < -0.39 is 0 Å². The van der Waals surface area contributed by atoms with Gasteiger partial charge in [0.15, 0.2) is 0 Å². The first-order chi connectivity index (χ1) is 12.2. The van der Waals surface area contributed by atoms with Crippen molar-refractivity contribution in [3.8, 4) is 11.4 Å². The highest BCUT2D eigenvalue weighted by Gasteiger charge is 2.13. The molecule has 1 N–H and O–H groups in total. The highest BCUT2D eigenvalue weighted by Crippen LogP contribution is 2.27. The van der Waals surface area contributed by atoms with Crippen molar-refractivity contribution >= 4 is 17.7 Å². The third-order valence-corrected chi connectivity index (χ3v) is 4.31. The molecule has 0 aromatic carbocycles. The summed E-state index contributed by atoms with van der Waals surface area (Å²) in [7, 11) is 0. The Labute approximate surface area is 149 Å². The van der Waals surface area contributed by atoms with Crippen LogP contribution >= 0.6 is 11.8 Å². The van der Waals surface area contributed by atoms with Crippen molar-refractivity contribution in [3.05, 3.63) is 54.3 Å². The summed E-state index contributed by atoms with van der Waals surface area (Å²) < 4.78 is 5.01. The van der Waals surface area contributed by atoms with E-state index in [1.54, 1.807) is 25.4 Å². The molecule has 8 heteroatoms. The fraction of sp³-hybridized carbons (Fsp3) is 0.235. The molecule has 25 heavy (non-hydrogen) atoms. The predicted molar refractivity (Wildman–Crippen MR) is 93.9 cm³/mol. The van der Waals surface area contributed by atoms with Gasteiger partial charge < -0.3 is 9.84 Å². The van der Waals surface area contributed by atoms with Gasteiger partial charge in [-0.1, -0.05) is 23.0 Å². The van der Waals surface area contributed by atoms with Crippen molar-refractivity contribution in [1.82, 2.24) is 25.4 Å². The predicted octanol–water partition coefficient (Wildman–Crippen LogP) is 2.29.